The second-order valence-corrected chi connectivity index (χ2v) is 9.17. The van der Waals surface area contributed by atoms with E-state index >= 15 is 0 Å². The largest absolute Gasteiger partial charge is 0.507 e. The van der Waals surface area contributed by atoms with Crippen LogP contribution in [0.5, 0.6) is 5.75 Å². The average molecular weight is 486 g/mol. The van der Waals surface area contributed by atoms with Crippen molar-refractivity contribution in [2.24, 2.45) is 0 Å². The molecule has 2 aromatic carbocycles. The third-order valence-electron chi connectivity index (χ3n) is 6.35. The van der Waals surface area contributed by atoms with Gasteiger partial charge in [0.2, 0.25) is 0 Å². The Morgan fingerprint density at radius 1 is 1.03 bits per heavy atom. The molecule has 0 aliphatic carbocycles. The fraction of sp³-hybridized carbons (Fsp3) is 0.276. The van der Waals surface area contributed by atoms with Crippen molar-refractivity contribution in [3.8, 4) is 5.75 Å². The van der Waals surface area contributed by atoms with E-state index in [9.17, 15) is 14.7 Å². The van der Waals surface area contributed by atoms with E-state index in [2.05, 4.69) is 4.98 Å². The fourth-order valence-corrected chi connectivity index (χ4v) is 4.36. The summed E-state index contributed by atoms with van der Waals surface area (Å²) >= 11 is 0. The van der Waals surface area contributed by atoms with Crippen molar-refractivity contribution >= 4 is 17.4 Å². The smallest absolute Gasteiger partial charge is 0.295 e. The molecule has 1 aromatic heterocycles. The normalized spacial score (nSPS) is 17.1. The van der Waals surface area contributed by atoms with E-state index in [0.717, 1.165) is 23.2 Å². The van der Waals surface area contributed by atoms with E-state index in [1.54, 1.807) is 53.7 Å². The highest BCUT2D eigenvalue weighted by atomic mass is 16.5. The second kappa shape index (κ2) is 11.2. The highest BCUT2D eigenvalue weighted by molar-refractivity contribution is 6.46. The van der Waals surface area contributed by atoms with Crippen LogP contribution in [0.25, 0.3) is 5.76 Å². The standard InChI is InChI=1S/C29H31N3O4/c1-20-7-4-5-8-23(20)19-36-24-11-9-22(10-12-24)27(33)25-26(21-13-15-30-16-14-21)32(29(35)28(25)34)18-6-17-31(2)3/h4-5,7-16,26,33H,6,17-19H2,1-3H3/b27-25-. The SMILES string of the molecule is Cc1ccccc1COc1ccc(/C(O)=C2/C(=O)C(=O)N(CCCN(C)C)C2c2ccncc2)cc1. The number of aromatic nitrogens is 1. The van der Waals surface area contributed by atoms with Gasteiger partial charge in [0, 0.05) is 24.5 Å². The minimum absolute atomic E-state index is 0.0876. The Balaban J connectivity index is 1.61. The van der Waals surface area contributed by atoms with Gasteiger partial charge >= 0.3 is 0 Å². The predicted octanol–water partition coefficient (Wildman–Crippen LogP) is 4.34. The van der Waals surface area contributed by atoms with Gasteiger partial charge in [-0.1, -0.05) is 24.3 Å². The predicted molar refractivity (Wildman–Crippen MR) is 138 cm³/mol. The average Bonchev–Trinajstić information content (AvgIpc) is 3.13. The van der Waals surface area contributed by atoms with Crippen LogP contribution >= 0.6 is 0 Å². The zero-order chi connectivity index (χ0) is 25.7. The first kappa shape index (κ1) is 25.1. The molecule has 1 aliphatic heterocycles. The van der Waals surface area contributed by atoms with E-state index in [-0.39, 0.29) is 11.3 Å². The van der Waals surface area contributed by atoms with Gasteiger partial charge in [-0.15, -0.1) is 0 Å². The first-order valence-electron chi connectivity index (χ1n) is 12.0. The molecule has 36 heavy (non-hydrogen) atoms. The first-order chi connectivity index (χ1) is 17.4. The zero-order valence-electron chi connectivity index (χ0n) is 20.8. The maximum atomic E-state index is 13.1. The van der Waals surface area contributed by atoms with Crippen LogP contribution in [-0.2, 0) is 16.2 Å². The fourth-order valence-electron chi connectivity index (χ4n) is 4.36. The van der Waals surface area contributed by atoms with Crippen molar-refractivity contribution in [3.63, 3.8) is 0 Å². The Kier molecular flexibility index (Phi) is 7.80. The molecule has 1 unspecified atom stereocenters. The highest BCUT2D eigenvalue weighted by Crippen LogP contribution is 2.39. The van der Waals surface area contributed by atoms with Crippen LogP contribution < -0.4 is 4.74 Å². The van der Waals surface area contributed by atoms with Crippen LogP contribution in [0.4, 0.5) is 0 Å². The van der Waals surface area contributed by atoms with Crippen molar-refractivity contribution in [1.29, 1.82) is 0 Å². The summed E-state index contributed by atoms with van der Waals surface area (Å²) in [5, 5.41) is 11.2. The van der Waals surface area contributed by atoms with Gasteiger partial charge in [-0.05, 0) is 87.1 Å². The number of carbonyl (C=O) groups excluding carboxylic acids is 2. The number of nitrogens with zero attached hydrogens (tertiary/aromatic N) is 3. The number of likely N-dealkylation sites (tertiary alicyclic amines) is 1. The lowest BCUT2D eigenvalue weighted by atomic mass is 9.96. The Hall–Kier alpha value is -3.97. The number of Topliss-reactive ketones (excluding diaryl/α,β-unsaturated/α-hetero) is 1. The highest BCUT2D eigenvalue weighted by Gasteiger charge is 2.45. The zero-order valence-corrected chi connectivity index (χ0v) is 20.8. The summed E-state index contributed by atoms with van der Waals surface area (Å²) in [6.07, 6.45) is 3.94. The molecule has 1 amide bonds. The molecular formula is C29H31N3O4. The van der Waals surface area contributed by atoms with Gasteiger partial charge < -0.3 is 19.6 Å². The summed E-state index contributed by atoms with van der Waals surface area (Å²) in [6.45, 7) is 3.64. The van der Waals surface area contributed by atoms with Crippen molar-refractivity contribution in [3.05, 3.63) is 101 Å². The van der Waals surface area contributed by atoms with E-state index in [0.29, 0.717) is 30.9 Å². The molecule has 1 atom stereocenters. The summed E-state index contributed by atoms with van der Waals surface area (Å²) in [5.74, 6) is -0.838. The molecule has 1 aliphatic rings. The third-order valence-corrected chi connectivity index (χ3v) is 6.35. The van der Waals surface area contributed by atoms with Gasteiger partial charge in [-0.3, -0.25) is 14.6 Å². The maximum Gasteiger partial charge on any atom is 0.295 e. The molecule has 4 rings (SSSR count). The molecule has 0 saturated carbocycles. The minimum Gasteiger partial charge on any atom is -0.507 e. The number of ketones is 1. The number of amides is 1. The van der Waals surface area contributed by atoms with Crippen molar-refractivity contribution in [2.45, 2.75) is 26.0 Å². The van der Waals surface area contributed by atoms with Crippen LogP contribution in [-0.4, -0.2) is 58.8 Å². The number of aliphatic hydroxyl groups excluding tert-OH is 1. The van der Waals surface area contributed by atoms with Crippen LogP contribution in [0.2, 0.25) is 0 Å². The van der Waals surface area contributed by atoms with Gasteiger partial charge in [0.15, 0.2) is 0 Å². The number of carbonyl (C=O) groups is 2. The molecule has 0 bridgehead atoms. The van der Waals surface area contributed by atoms with Gasteiger partial charge in [-0.25, -0.2) is 0 Å². The second-order valence-electron chi connectivity index (χ2n) is 9.17. The van der Waals surface area contributed by atoms with E-state index in [4.69, 9.17) is 4.74 Å². The number of hydrogen-bond donors (Lipinski definition) is 1. The summed E-state index contributed by atoms with van der Waals surface area (Å²) < 4.78 is 5.90. The molecule has 1 N–H and O–H groups in total. The van der Waals surface area contributed by atoms with Gasteiger partial charge in [0.25, 0.3) is 11.7 Å². The lowest BCUT2D eigenvalue weighted by Crippen LogP contribution is -2.32. The quantitative estimate of drug-likeness (QED) is 0.276. The lowest BCUT2D eigenvalue weighted by Gasteiger charge is -2.25. The molecule has 186 valence electrons. The van der Waals surface area contributed by atoms with Crippen LogP contribution in [0.1, 0.15) is 34.7 Å². The number of rotatable bonds is 9. The molecule has 1 fully saturated rings. The van der Waals surface area contributed by atoms with Crippen molar-refractivity contribution < 1.29 is 19.4 Å². The van der Waals surface area contributed by atoms with E-state index in [1.807, 2.05) is 50.2 Å². The summed E-state index contributed by atoms with van der Waals surface area (Å²) in [6, 6.07) is 17.8. The van der Waals surface area contributed by atoms with Gasteiger partial charge in [-0.2, -0.15) is 0 Å². The summed E-state index contributed by atoms with van der Waals surface area (Å²) in [7, 11) is 3.92. The molecule has 0 radical (unpaired) electrons. The topological polar surface area (TPSA) is 83.0 Å². The van der Waals surface area contributed by atoms with Crippen LogP contribution in [0, 0.1) is 6.92 Å². The third kappa shape index (κ3) is 5.47. The Bertz CT molecular complexity index is 1250. The number of aryl methyl sites for hydroxylation is 1. The first-order valence-corrected chi connectivity index (χ1v) is 12.0. The van der Waals surface area contributed by atoms with Gasteiger partial charge in [0.05, 0.1) is 11.6 Å². The lowest BCUT2D eigenvalue weighted by molar-refractivity contribution is -0.139. The van der Waals surface area contributed by atoms with Gasteiger partial charge in [0.1, 0.15) is 18.1 Å². The van der Waals surface area contributed by atoms with Crippen molar-refractivity contribution in [2.75, 3.05) is 27.2 Å². The molecule has 0 spiro atoms. The van der Waals surface area contributed by atoms with Crippen LogP contribution in [0.15, 0.2) is 78.6 Å². The number of aliphatic hydroxyl groups is 1. The molecule has 7 nitrogen and oxygen atoms in total. The number of hydrogen-bond acceptors (Lipinski definition) is 6. The molecular weight excluding hydrogens is 454 g/mol. The number of benzene rings is 2. The number of ether oxygens (including phenoxy) is 1. The van der Waals surface area contributed by atoms with E-state index in [1.165, 1.54) is 0 Å². The Morgan fingerprint density at radius 2 is 1.72 bits per heavy atom. The summed E-state index contributed by atoms with van der Waals surface area (Å²) in [4.78, 5) is 33.7. The molecule has 2 heterocycles. The van der Waals surface area contributed by atoms with Crippen molar-refractivity contribution in [1.82, 2.24) is 14.8 Å². The Morgan fingerprint density at radius 3 is 2.39 bits per heavy atom. The molecule has 1 saturated heterocycles. The van der Waals surface area contributed by atoms with Crippen LogP contribution in [0.3, 0.4) is 0 Å². The molecule has 3 aromatic rings. The molecule has 7 heteroatoms. The number of pyridine rings is 1. The maximum absolute atomic E-state index is 13.1. The Labute approximate surface area is 211 Å². The monoisotopic (exact) mass is 485 g/mol. The van der Waals surface area contributed by atoms with E-state index < -0.39 is 17.7 Å². The minimum atomic E-state index is -0.681. The summed E-state index contributed by atoms with van der Waals surface area (Å²) in [5.41, 5.74) is 3.51.